The van der Waals surface area contributed by atoms with Crippen LogP contribution >= 0.6 is 11.6 Å². The quantitative estimate of drug-likeness (QED) is 0.927. The lowest BCUT2D eigenvalue weighted by Crippen LogP contribution is -2.52. The Morgan fingerprint density at radius 1 is 1.35 bits per heavy atom. The van der Waals surface area contributed by atoms with Crippen molar-refractivity contribution in [3.8, 4) is 0 Å². The summed E-state index contributed by atoms with van der Waals surface area (Å²) < 4.78 is 0. The molecule has 2 N–H and O–H groups in total. The van der Waals surface area contributed by atoms with Crippen molar-refractivity contribution in [3.63, 3.8) is 0 Å². The topological polar surface area (TPSA) is 32.5 Å². The second-order valence-electron chi connectivity index (χ2n) is 6.07. The highest BCUT2D eigenvalue weighted by atomic mass is 35.5. The third-order valence-electron chi connectivity index (χ3n) is 4.64. The van der Waals surface area contributed by atoms with E-state index in [1.165, 1.54) is 24.9 Å². The molecule has 1 aromatic rings. The van der Waals surface area contributed by atoms with Gasteiger partial charge in [-0.1, -0.05) is 23.7 Å². The predicted octanol–water partition coefficient (Wildman–Crippen LogP) is 2.59. The fraction of sp³-hybridized carbons (Fsp3) is 0.625. The monoisotopic (exact) mass is 295 g/mol. The molecule has 1 saturated heterocycles. The summed E-state index contributed by atoms with van der Waals surface area (Å²) in [4.78, 5) is 4.84. The third kappa shape index (κ3) is 3.73. The van der Waals surface area contributed by atoms with Gasteiger partial charge in [-0.05, 0) is 64.1 Å². The summed E-state index contributed by atoms with van der Waals surface area (Å²) in [5, 5.41) is 0.804. The Morgan fingerprint density at radius 2 is 2.15 bits per heavy atom. The highest BCUT2D eigenvalue weighted by molar-refractivity contribution is 6.30. The molecule has 20 heavy (non-hydrogen) atoms. The van der Waals surface area contributed by atoms with Crippen LogP contribution in [0.1, 0.15) is 24.8 Å². The Hall–Kier alpha value is -0.610. The molecule has 1 atom stereocenters. The van der Waals surface area contributed by atoms with Crippen molar-refractivity contribution < 1.29 is 0 Å². The third-order valence-corrected chi connectivity index (χ3v) is 4.87. The fourth-order valence-corrected chi connectivity index (χ4v) is 3.35. The number of hydrogen-bond donors (Lipinski definition) is 1. The number of benzene rings is 1. The van der Waals surface area contributed by atoms with E-state index in [0.717, 1.165) is 31.1 Å². The molecule has 1 fully saturated rings. The molecule has 2 rings (SSSR count). The van der Waals surface area contributed by atoms with Crippen LogP contribution in [0.15, 0.2) is 24.3 Å². The van der Waals surface area contributed by atoms with E-state index in [0.29, 0.717) is 0 Å². The van der Waals surface area contributed by atoms with Gasteiger partial charge < -0.3 is 10.6 Å². The van der Waals surface area contributed by atoms with Crippen LogP contribution in [0, 0.1) is 0 Å². The van der Waals surface area contributed by atoms with E-state index in [1.807, 2.05) is 18.2 Å². The van der Waals surface area contributed by atoms with Crippen molar-refractivity contribution in [2.45, 2.75) is 31.3 Å². The maximum atomic E-state index is 6.15. The molecule has 1 aliphatic heterocycles. The van der Waals surface area contributed by atoms with Crippen LogP contribution in [0.25, 0.3) is 0 Å². The first-order valence-electron chi connectivity index (χ1n) is 7.40. The molecule has 1 aliphatic rings. The van der Waals surface area contributed by atoms with Gasteiger partial charge in [-0.15, -0.1) is 0 Å². The van der Waals surface area contributed by atoms with Crippen LogP contribution in [0.4, 0.5) is 0 Å². The molecule has 0 amide bonds. The van der Waals surface area contributed by atoms with E-state index in [9.17, 15) is 0 Å². The van der Waals surface area contributed by atoms with Gasteiger partial charge in [0, 0.05) is 23.7 Å². The van der Waals surface area contributed by atoms with Gasteiger partial charge in [-0.25, -0.2) is 0 Å². The van der Waals surface area contributed by atoms with Gasteiger partial charge in [0.05, 0.1) is 0 Å². The standard InChI is InChI=1S/C16H26ClN3/c1-19-9-4-7-16(13-18,8-10-19)20(2)12-14-5-3-6-15(17)11-14/h3,5-6,11H,4,7-10,12-13,18H2,1-2H3. The minimum atomic E-state index is 0.118. The van der Waals surface area contributed by atoms with E-state index >= 15 is 0 Å². The van der Waals surface area contributed by atoms with Crippen molar-refractivity contribution >= 4 is 11.6 Å². The van der Waals surface area contributed by atoms with Gasteiger partial charge in [-0.2, -0.15) is 0 Å². The molecule has 0 saturated carbocycles. The molecule has 0 spiro atoms. The van der Waals surface area contributed by atoms with E-state index in [-0.39, 0.29) is 5.54 Å². The van der Waals surface area contributed by atoms with Crippen molar-refractivity contribution in [2.75, 3.05) is 33.7 Å². The number of hydrogen-bond acceptors (Lipinski definition) is 3. The molecule has 0 aliphatic carbocycles. The van der Waals surface area contributed by atoms with E-state index < -0.39 is 0 Å². The molecule has 0 radical (unpaired) electrons. The Balaban J connectivity index is 2.09. The second-order valence-corrected chi connectivity index (χ2v) is 6.51. The molecular formula is C16H26ClN3. The minimum absolute atomic E-state index is 0.118. The Morgan fingerprint density at radius 3 is 2.85 bits per heavy atom. The molecule has 1 heterocycles. The molecular weight excluding hydrogens is 270 g/mol. The van der Waals surface area contributed by atoms with Gasteiger partial charge in [-0.3, -0.25) is 4.90 Å². The van der Waals surface area contributed by atoms with E-state index in [1.54, 1.807) is 0 Å². The largest absolute Gasteiger partial charge is 0.329 e. The van der Waals surface area contributed by atoms with Crippen LogP contribution in [0.2, 0.25) is 5.02 Å². The first-order chi connectivity index (χ1) is 9.55. The van der Waals surface area contributed by atoms with E-state index in [2.05, 4.69) is 30.0 Å². The summed E-state index contributed by atoms with van der Waals surface area (Å²) in [6.45, 7) is 3.92. The van der Waals surface area contributed by atoms with Crippen LogP contribution in [0.3, 0.4) is 0 Å². The summed E-state index contributed by atoms with van der Waals surface area (Å²) in [6, 6.07) is 8.12. The number of halogens is 1. The summed E-state index contributed by atoms with van der Waals surface area (Å²) in [6.07, 6.45) is 3.52. The maximum absolute atomic E-state index is 6.15. The highest BCUT2D eigenvalue weighted by Gasteiger charge is 2.34. The Labute approximate surface area is 127 Å². The normalized spacial score (nSPS) is 24.9. The summed E-state index contributed by atoms with van der Waals surface area (Å²) in [5.41, 5.74) is 7.52. The van der Waals surface area contributed by atoms with Gasteiger partial charge in [0.25, 0.3) is 0 Å². The highest BCUT2D eigenvalue weighted by Crippen LogP contribution is 2.28. The maximum Gasteiger partial charge on any atom is 0.0409 e. The van der Waals surface area contributed by atoms with Crippen molar-refractivity contribution in [2.24, 2.45) is 5.73 Å². The second kappa shape index (κ2) is 6.90. The zero-order valence-electron chi connectivity index (χ0n) is 12.6. The lowest BCUT2D eigenvalue weighted by Gasteiger charge is -2.41. The van der Waals surface area contributed by atoms with E-state index in [4.69, 9.17) is 17.3 Å². The lowest BCUT2D eigenvalue weighted by molar-refractivity contribution is 0.100. The summed E-state index contributed by atoms with van der Waals surface area (Å²) >= 11 is 6.08. The Bertz CT molecular complexity index is 437. The smallest absolute Gasteiger partial charge is 0.0409 e. The molecule has 3 nitrogen and oxygen atoms in total. The van der Waals surface area contributed by atoms with Crippen molar-refractivity contribution in [3.05, 3.63) is 34.9 Å². The van der Waals surface area contributed by atoms with Gasteiger partial charge in [0.15, 0.2) is 0 Å². The SMILES string of the molecule is CN1CCCC(CN)(N(C)Cc2cccc(Cl)c2)CC1. The Kier molecular flexibility index (Phi) is 5.44. The number of likely N-dealkylation sites (N-methyl/N-ethyl adjacent to an activating group) is 1. The van der Waals surface area contributed by atoms with Gasteiger partial charge >= 0.3 is 0 Å². The first kappa shape index (κ1) is 15.8. The zero-order chi connectivity index (χ0) is 14.6. The van der Waals surface area contributed by atoms with Crippen LogP contribution < -0.4 is 5.73 Å². The van der Waals surface area contributed by atoms with Gasteiger partial charge in [0.1, 0.15) is 0 Å². The van der Waals surface area contributed by atoms with Crippen LogP contribution in [0.5, 0.6) is 0 Å². The fourth-order valence-electron chi connectivity index (χ4n) is 3.13. The number of rotatable bonds is 4. The average Bonchev–Trinajstić information content (AvgIpc) is 2.61. The predicted molar refractivity (Wildman–Crippen MR) is 86.1 cm³/mol. The number of nitrogens with zero attached hydrogens (tertiary/aromatic N) is 2. The molecule has 1 unspecified atom stereocenters. The molecule has 112 valence electrons. The number of nitrogens with two attached hydrogens (primary N) is 1. The zero-order valence-corrected chi connectivity index (χ0v) is 13.4. The molecule has 4 heteroatoms. The molecule has 1 aromatic carbocycles. The molecule has 0 bridgehead atoms. The molecule has 0 aromatic heterocycles. The minimum Gasteiger partial charge on any atom is -0.329 e. The van der Waals surface area contributed by atoms with Crippen LogP contribution in [-0.2, 0) is 6.54 Å². The lowest BCUT2D eigenvalue weighted by atomic mass is 9.88. The summed E-state index contributed by atoms with van der Waals surface area (Å²) in [5.74, 6) is 0. The van der Waals surface area contributed by atoms with Crippen molar-refractivity contribution in [1.82, 2.24) is 9.80 Å². The summed E-state index contributed by atoms with van der Waals surface area (Å²) in [7, 11) is 4.39. The first-order valence-corrected chi connectivity index (χ1v) is 7.78. The average molecular weight is 296 g/mol. The number of likely N-dealkylation sites (tertiary alicyclic amines) is 1. The van der Waals surface area contributed by atoms with Gasteiger partial charge in [0.2, 0.25) is 0 Å². The van der Waals surface area contributed by atoms with Crippen molar-refractivity contribution in [1.29, 1.82) is 0 Å². The van der Waals surface area contributed by atoms with Crippen LogP contribution in [-0.4, -0.2) is 49.1 Å².